The summed E-state index contributed by atoms with van der Waals surface area (Å²) in [5, 5.41) is 13.6. The van der Waals surface area contributed by atoms with Gasteiger partial charge in [-0.3, -0.25) is 4.68 Å². The molecule has 1 aliphatic rings. The number of hydrogen-bond acceptors (Lipinski definition) is 4. The van der Waals surface area contributed by atoms with E-state index in [-0.39, 0.29) is 0 Å². The van der Waals surface area contributed by atoms with Gasteiger partial charge in [0.15, 0.2) is 0 Å². The van der Waals surface area contributed by atoms with Gasteiger partial charge in [-0.1, -0.05) is 0 Å². The Hall–Kier alpha value is -1.54. The summed E-state index contributed by atoms with van der Waals surface area (Å²) in [5.41, 5.74) is 1.55. The number of aromatic nitrogens is 2. The molecule has 0 atom stereocenters. The third kappa shape index (κ3) is 2.21. The largest absolute Gasteiger partial charge is 0.356 e. The predicted molar refractivity (Wildman–Crippen MR) is 71.6 cm³/mol. The minimum absolute atomic E-state index is 0.654. The monoisotopic (exact) mass is 247 g/mol. The normalized spacial score (nSPS) is 17.2. The molecule has 0 spiro atoms. The Morgan fingerprint density at radius 2 is 1.94 bits per heavy atom. The van der Waals surface area contributed by atoms with E-state index in [1.807, 2.05) is 18.7 Å². The van der Waals surface area contributed by atoms with E-state index in [0.717, 1.165) is 43.0 Å². The Kier molecular flexibility index (Phi) is 3.58. The summed E-state index contributed by atoms with van der Waals surface area (Å²) >= 11 is 0. The number of nitriles is 1. The fourth-order valence-electron chi connectivity index (χ4n) is 2.73. The number of rotatable bonds is 2. The molecule has 0 saturated carbocycles. The molecule has 18 heavy (non-hydrogen) atoms. The van der Waals surface area contributed by atoms with Gasteiger partial charge in [-0.05, 0) is 33.9 Å². The molecule has 1 aromatic rings. The molecule has 1 saturated heterocycles. The van der Waals surface area contributed by atoms with Crippen LogP contribution >= 0.6 is 0 Å². The first-order valence-corrected chi connectivity index (χ1v) is 6.39. The maximum absolute atomic E-state index is 9.25. The van der Waals surface area contributed by atoms with Crippen LogP contribution in [0, 0.1) is 18.3 Å². The van der Waals surface area contributed by atoms with Gasteiger partial charge in [0.05, 0.1) is 5.69 Å². The van der Waals surface area contributed by atoms with Crippen molar-refractivity contribution in [3.8, 4) is 6.07 Å². The zero-order valence-corrected chi connectivity index (χ0v) is 11.6. The molecule has 0 unspecified atom stereocenters. The second kappa shape index (κ2) is 4.99. The van der Waals surface area contributed by atoms with Gasteiger partial charge in [-0.15, -0.1) is 0 Å². The standard InChI is InChI=1S/C13H21N5/c1-10-12(9-14)13(17(4)15-10)18-7-5-11(6-8-18)16(2)3/h11H,5-8H2,1-4H3. The molecule has 98 valence electrons. The Bertz CT molecular complexity index is 460. The Morgan fingerprint density at radius 1 is 1.33 bits per heavy atom. The molecule has 0 bridgehead atoms. The van der Waals surface area contributed by atoms with Gasteiger partial charge in [0, 0.05) is 26.2 Å². The van der Waals surface area contributed by atoms with Gasteiger partial charge in [0.2, 0.25) is 0 Å². The zero-order chi connectivity index (χ0) is 13.3. The second-order valence-corrected chi connectivity index (χ2v) is 5.20. The van der Waals surface area contributed by atoms with E-state index in [1.54, 1.807) is 0 Å². The van der Waals surface area contributed by atoms with Crippen molar-refractivity contribution in [2.24, 2.45) is 7.05 Å². The number of piperidine rings is 1. The van der Waals surface area contributed by atoms with Crippen LogP contribution in [-0.2, 0) is 7.05 Å². The molecule has 0 aliphatic carbocycles. The van der Waals surface area contributed by atoms with Gasteiger partial charge in [0.25, 0.3) is 0 Å². The average molecular weight is 247 g/mol. The van der Waals surface area contributed by atoms with Crippen LogP contribution in [0.25, 0.3) is 0 Å². The highest BCUT2D eigenvalue weighted by atomic mass is 15.4. The van der Waals surface area contributed by atoms with Gasteiger partial charge in [0.1, 0.15) is 17.5 Å². The van der Waals surface area contributed by atoms with Crippen molar-refractivity contribution in [3.63, 3.8) is 0 Å². The van der Waals surface area contributed by atoms with Crippen LogP contribution in [0.1, 0.15) is 24.1 Å². The molecular formula is C13H21N5. The third-order valence-corrected chi connectivity index (χ3v) is 3.80. The molecule has 1 aromatic heterocycles. The van der Waals surface area contributed by atoms with Crippen LogP contribution in [-0.4, -0.2) is 47.9 Å². The fraction of sp³-hybridized carbons (Fsp3) is 0.692. The quantitative estimate of drug-likeness (QED) is 0.786. The topological polar surface area (TPSA) is 48.1 Å². The average Bonchev–Trinajstić information content (AvgIpc) is 2.63. The first kappa shape index (κ1) is 12.9. The molecule has 0 radical (unpaired) electrons. The number of aryl methyl sites for hydroxylation is 2. The number of anilines is 1. The first-order valence-electron chi connectivity index (χ1n) is 6.39. The fourth-order valence-corrected chi connectivity index (χ4v) is 2.73. The lowest BCUT2D eigenvalue weighted by Crippen LogP contribution is -2.42. The molecule has 1 aliphatic heterocycles. The van der Waals surface area contributed by atoms with E-state index in [1.165, 1.54) is 0 Å². The highest BCUT2D eigenvalue weighted by Crippen LogP contribution is 2.26. The number of hydrogen-bond donors (Lipinski definition) is 0. The lowest BCUT2D eigenvalue weighted by Gasteiger charge is -2.36. The molecule has 0 aromatic carbocycles. The van der Waals surface area contributed by atoms with Crippen LogP contribution in [0.5, 0.6) is 0 Å². The summed E-state index contributed by atoms with van der Waals surface area (Å²) in [4.78, 5) is 4.58. The maximum atomic E-state index is 9.25. The third-order valence-electron chi connectivity index (χ3n) is 3.80. The molecule has 2 rings (SSSR count). The SMILES string of the molecule is Cc1nn(C)c(N2CCC(N(C)C)CC2)c1C#N. The van der Waals surface area contributed by atoms with Crippen LogP contribution in [0.15, 0.2) is 0 Å². The molecule has 0 amide bonds. The van der Waals surface area contributed by atoms with Crippen molar-refractivity contribution in [3.05, 3.63) is 11.3 Å². The van der Waals surface area contributed by atoms with E-state index < -0.39 is 0 Å². The van der Waals surface area contributed by atoms with Gasteiger partial charge >= 0.3 is 0 Å². The highest BCUT2D eigenvalue weighted by molar-refractivity contribution is 5.57. The summed E-state index contributed by atoms with van der Waals surface area (Å²) in [6.07, 6.45) is 2.28. The van der Waals surface area contributed by atoms with Crippen molar-refractivity contribution < 1.29 is 0 Å². The smallest absolute Gasteiger partial charge is 0.144 e. The maximum Gasteiger partial charge on any atom is 0.144 e. The van der Waals surface area contributed by atoms with Crippen LogP contribution < -0.4 is 4.90 Å². The molecule has 1 fully saturated rings. The van der Waals surface area contributed by atoms with E-state index in [2.05, 4.69) is 35.1 Å². The summed E-state index contributed by atoms with van der Waals surface area (Å²) in [6, 6.07) is 2.93. The van der Waals surface area contributed by atoms with Gasteiger partial charge in [-0.25, -0.2) is 0 Å². The highest BCUT2D eigenvalue weighted by Gasteiger charge is 2.25. The zero-order valence-electron chi connectivity index (χ0n) is 11.6. The number of nitrogens with zero attached hydrogens (tertiary/aromatic N) is 5. The van der Waals surface area contributed by atoms with Crippen molar-refractivity contribution >= 4 is 5.82 Å². The van der Waals surface area contributed by atoms with E-state index >= 15 is 0 Å². The Morgan fingerprint density at radius 3 is 2.44 bits per heavy atom. The lowest BCUT2D eigenvalue weighted by molar-refractivity contribution is 0.249. The molecular weight excluding hydrogens is 226 g/mol. The summed E-state index contributed by atoms with van der Waals surface area (Å²) in [6.45, 7) is 3.89. The lowest BCUT2D eigenvalue weighted by atomic mass is 10.0. The Balaban J connectivity index is 2.18. The van der Waals surface area contributed by atoms with Crippen molar-refractivity contribution in [1.82, 2.24) is 14.7 Å². The van der Waals surface area contributed by atoms with E-state index in [0.29, 0.717) is 6.04 Å². The molecule has 5 nitrogen and oxygen atoms in total. The van der Waals surface area contributed by atoms with Crippen LogP contribution in [0.2, 0.25) is 0 Å². The van der Waals surface area contributed by atoms with Crippen molar-refractivity contribution in [2.45, 2.75) is 25.8 Å². The minimum Gasteiger partial charge on any atom is -0.356 e. The summed E-state index contributed by atoms with van der Waals surface area (Å²) in [7, 11) is 6.19. The van der Waals surface area contributed by atoms with E-state index in [4.69, 9.17) is 0 Å². The predicted octanol–water partition coefficient (Wildman–Crippen LogP) is 1.13. The van der Waals surface area contributed by atoms with Crippen molar-refractivity contribution in [2.75, 3.05) is 32.1 Å². The minimum atomic E-state index is 0.654. The summed E-state index contributed by atoms with van der Waals surface area (Å²) < 4.78 is 1.84. The Labute approximate surface area is 109 Å². The van der Waals surface area contributed by atoms with Gasteiger partial charge in [-0.2, -0.15) is 10.4 Å². The molecule has 0 N–H and O–H groups in total. The first-order chi connectivity index (χ1) is 8.54. The van der Waals surface area contributed by atoms with Crippen LogP contribution in [0.3, 0.4) is 0 Å². The van der Waals surface area contributed by atoms with Crippen LogP contribution in [0.4, 0.5) is 5.82 Å². The van der Waals surface area contributed by atoms with E-state index in [9.17, 15) is 5.26 Å². The molecule has 5 heteroatoms. The second-order valence-electron chi connectivity index (χ2n) is 5.20. The van der Waals surface area contributed by atoms with Crippen molar-refractivity contribution in [1.29, 1.82) is 5.26 Å². The molecule has 2 heterocycles. The summed E-state index contributed by atoms with van der Waals surface area (Å²) in [5.74, 6) is 0.979. The van der Waals surface area contributed by atoms with Gasteiger partial charge < -0.3 is 9.80 Å².